The van der Waals surface area contributed by atoms with Gasteiger partial charge in [-0.15, -0.1) is 0 Å². The van der Waals surface area contributed by atoms with Crippen LogP contribution in [0.25, 0.3) is 0 Å². The standard InChI is InChI=1S/C15H17FN4O3/c1-2-22-15(21)19-10-5-12(16)14-13(6-10)20(3-4-23-14)8-11-7-17-9-18-11/h5-7,9H,2-4,8H2,1H3,(H,17,18)(H,19,21). The number of anilines is 2. The summed E-state index contributed by atoms with van der Waals surface area (Å²) in [7, 11) is 0. The van der Waals surface area contributed by atoms with Crippen LogP contribution in [0.5, 0.6) is 5.75 Å². The first kappa shape index (κ1) is 15.1. The van der Waals surface area contributed by atoms with E-state index >= 15 is 0 Å². The normalized spacial score (nSPS) is 13.2. The molecular formula is C15H17FN4O3. The highest BCUT2D eigenvalue weighted by atomic mass is 19.1. The topological polar surface area (TPSA) is 79.5 Å². The smallest absolute Gasteiger partial charge is 0.411 e. The molecule has 7 nitrogen and oxygen atoms in total. The second-order valence-corrected chi connectivity index (χ2v) is 4.98. The van der Waals surface area contributed by atoms with Crippen molar-refractivity contribution < 1.29 is 18.7 Å². The molecule has 0 saturated heterocycles. The fraction of sp³-hybridized carbons (Fsp3) is 0.333. The largest absolute Gasteiger partial charge is 0.486 e. The van der Waals surface area contributed by atoms with Crippen molar-refractivity contribution in [3.05, 3.63) is 36.2 Å². The van der Waals surface area contributed by atoms with E-state index in [0.717, 1.165) is 5.69 Å². The molecule has 2 heterocycles. The fourth-order valence-corrected chi connectivity index (χ4v) is 2.43. The van der Waals surface area contributed by atoms with Crippen molar-refractivity contribution in [2.24, 2.45) is 0 Å². The van der Waals surface area contributed by atoms with E-state index in [4.69, 9.17) is 9.47 Å². The van der Waals surface area contributed by atoms with E-state index in [-0.39, 0.29) is 12.4 Å². The third-order valence-electron chi connectivity index (χ3n) is 3.40. The second-order valence-electron chi connectivity index (χ2n) is 4.98. The van der Waals surface area contributed by atoms with E-state index in [9.17, 15) is 9.18 Å². The van der Waals surface area contributed by atoms with E-state index in [1.165, 1.54) is 6.07 Å². The molecule has 23 heavy (non-hydrogen) atoms. The molecule has 2 N–H and O–H groups in total. The third kappa shape index (κ3) is 3.36. The van der Waals surface area contributed by atoms with Crippen LogP contribution >= 0.6 is 0 Å². The molecule has 8 heteroatoms. The van der Waals surface area contributed by atoms with E-state index in [0.29, 0.717) is 31.1 Å². The molecule has 0 unspecified atom stereocenters. The van der Waals surface area contributed by atoms with Crippen molar-refractivity contribution in [1.82, 2.24) is 9.97 Å². The number of H-pyrrole nitrogens is 1. The van der Waals surface area contributed by atoms with Gasteiger partial charge in [0.25, 0.3) is 0 Å². The van der Waals surface area contributed by atoms with Gasteiger partial charge in [-0.05, 0) is 13.0 Å². The lowest BCUT2D eigenvalue weighted by Gasteiger charge is -2.31. The first-order valence-electron chi connectivity index (χ1n) is 7.30. The zero-order valence-electron chi connectivity index (χ0n) is 12.6. The second kappa shape index (κ2) is 6.55. The van der Waals surface area contributed by atoms with Crippen LogP contribution in [0.3, 0.4) is 0 Å². The number of aromatic amines is 1. The summed E-state index contributed by atoms with van der Waals surface area (Å²) in [5.74, 6) is -0.345. The molecule has 1 aliphatic heterocycles. The molecular weight excluding hydrogens is 303 g/mol. The van der Waals surface area contributed by atoms with Crippen LogP contribution in [0.2, 0.25) is 0 Å². The molecule has 0 saturated carbocycles. The van der Waals surface area contributed by atoms with Crippen LogP contribution in [0.4, 0.5) is 20.6 Å². The molecule has 1 aromatic carbocycles. The van der Waals surface area contributed by atoms with Gasteiger partial charge in [0.15, 0.2) is 11.6 Å². The lowest BCUT2D eigenvalue weighted by molar-refractivity contribution is 0.168. The predicted molar refractivity (Wildman–Crippen MR) is 82.2 cm³/mol. The van der Waals surface area contributed by atoms with Crippen molar-refractivity contribution in [1.29, 1.82) is 0 Å². The van der Waals surface area contributed by atoms with E-state index < -0.39 is 11.9 Å². The van der Waals surface area contributed by atoms with E-state index in [1.807, 2.05) is 4.90 Å². The minimum absolute atomic E-state index is 0.182. The first-order valence-corrected chi connectivity index (χ1v) is 7.30. The third-order valence-corrected chi connectivity index (χ3v) is 3.40. The van der Waals surface area contributed by atoms with Gasteiger partial charge < -0.3 is 19.4 Å². The van der Waals surface area contributed by atoms with Gasteiger partial charge in [-0.2, -0.15) is 0 Å². The van der Waals surface area contributed by atoms with Crippen molar-refractivity contribution in [3.8, 4) is 5.75 Å². The number of rotatable bonds is 4. The number of halogens is 1. The Morgan fingerprint density at radius 2 is 2.43 bits per heavy atom. The Kier molecular flexibility index (Phi) is 4.31. The summed E-state index contributed by atoms with van der Waals surface area (Å²) in [6.07, 6.45) is 2.75. The van der Waals surface area contributed by atoms with E-state index in [2.05, 4.69) is 15.3 Å². The van der Waals surface area contributed by atoms with Gasteiger partial charge in [0.1, 0.15) is 6.61 Å². The van der Waals surface area contributed by atoms with Crippen molar-refractivity contribution in [2.75, 3.05) is 30.0 Å². The molecule has 0 aliphatic carbocycles. The Morgan fingerprint density at radius 3 is 3.17 bits per heavy atom. The highest BCUT2D eigenvalue weighted by Gasteiger charge is 2.23. The molecule has 0 fully saturated rings. The Labute approximate surface area is 132 Å². The number of carbonyl (C=O) groups is 1. The number of carbonyl (C=O) groups excluding carboxylic acids is 1. The van der Waals surface area contributed by atoms with Crippen LogP contribution < -0.4 is 15.0 Å². The summed E-state index contributed by atoms with van der Waals surface area (Å²) in [5.41, 5.74) is 1.73. The average molecular weight is 320 g/mol. The van der Waals surface area contributed by atoms with Crippen molar-refractivity contribution in [2.45, 2.75) is 13.5 Å². The van der Waals surface area contributed by atoms with Gasteiger partial charge in [-0.1, -0.05) is 0 Å². The van der Waals surface area contributed by atoms with Crippen LogP contribution in [0.1, 0.15) is 12.6 Å². The minimum atomic E-state index is -0.623. The average Bonchev–Trinajstić information content (AvgIpc) is 3.01. The van der Waals surface area contributed by atoms with E-state index in [1.54, 1.807) is 25.5 Å². The molecule has 3 rings (SSSR count). The van der Waals surface area contributed by atoms with Gasteiger partial charge in [-0.25, -0.2) is 14.2 Å². The zero-order chi connectivity index (χ0) is 16.2. The minimum Gasteiger partial charge on any atom is -0.486 e. The van der Waals surface area contributed by atoms with Crippen LogP contribution in [0, 0.1) is 5.82 Å². The molecule has 0 atom stereocenters. The quantitative estimate of drug-likeness (QED) is 0.905. The summed E-state index contributed by atoms with van der Waals surface area (Å²) in [4.78, 5) is 20.5. The molecule has 0 spiro atoms. The van der Waals surface area contributed by atoms with Crippen molar-refractivity contribution >= 4 is 17.5 Å². The summed E-state index contributed by atoms with van der Waals surface area (Å²) >= 11 is 0. The number of hydrogen-bond acceptors (Lipinski definition) is 5. The monoisotopic (exact) mass is 320 g/mol. The number of fused-ring (bicyclic) bond motifs is 1. The number of amides is 1. The maximum absolute atomic E-state index is 14.3. The van der Waals surface area contributed by atoms with Gasteiger partial charge in [0, 0.05) is 18.0 Å². The summed E-state index contributed by atoms with van der Waals surface area (Å²) < 4.78 is 24.5. The molecule has 1 amide bonds. The number of ether oxygens (including phenoxy) is 2. The van der Waals surface area contributed by atoms with Crippen LogP contribution in [0.15, 0.2) is 24.7 Å². The molecule has 1 aromatic heterocycles. The molecule has 122 valence electrons. The van der Waals surface area contributed by atoms with Crippen molar-refractivity contribution in [3.63, 3.8) is 0 Å². The van der Waals surface area contributed by atoms with Crippen LogP contribution in [-0.4, -0.2) is 35.8 Å². The summed E-state index contributed by atoms with van der Waals surface area (Å²) in [6, 6.07) is 2.88. The van der Waals surface area contributed by atoms with Gasteiger partial charge in [-0.3, -0.25) is 5.32 Å². The number of benzene rings is 1. The first-order chi connectivity index (χ1) is 11.2. The molecule has 1 aliphatic rings. The Morgan fingerprint density at radius 1 is 1.57 bits per heavy atom. The van der Waals surface area contributed by atoms with Gasteiger partial charge in [0.2, 0.25) is 0 Å². The molecule has 0 bridgehead atoms. The SMILES string of the molecule is CCOC(=O)Nc1cc(F)c2c(c1)N(Cc1c[nH]cn1)CCO2. The highest BCUT2D eigenvalue weighted by Crippen LogP contribution is 2.37. The number of nitrogens with zero attached hydrogens (tertiary/aromatic N) is 2. The number of hydrogen-bond donors (Lipinski definition) is 2. The Hall–Kier alpha value is -2.77. The lowest BCUT2D eigenvalue weighted by atomic mass is 10.2. The highest BCUT2D eigenvalue weighted by molar-refractivity contribution is 5.86. The number of imidazole rings is 1. The molecule has 2 aromatic rings. The Balaban J connectivity index is 1.87. The number of nitrogens with one attached hydrogen (secondary N) is 2. The summed E-state index contributed by atoms with van der Waals surface area (Å²) in [6.45, 7) is 3.45. The number of aromatic nitrogens is 2. The maximum Gasteiger partial charge on any atom is 0.411 e. The maximum atomic E-state index is 14.3. The predicted octanol–water partition coefficient (Wildman–Crippen LogP) is 2.52. The zero-order valence-corrected chi connectivity index (χ0v) is 12.6. The van der Waals surface area contributed by atoms with Crippen LogP contribution in [-0.2, 0) is 11.3 Å². The van der Waals surface area contributed by atoms with Gasteiger partial charge >= 0.3 is 6.09 Å². The summed E-state index contributed by atoms with van der Waals surface area (Å²) in [5, 5.41) is 2.51. The van der Waals surface area contributed by atoms with Gasteiger partial charge in [0.05, 0.1) is 37.4 Å². The molecule has 0 radical (unpaired) electrons. The Bertz CT molecular complexity index is 690. The lowest BCUT2D eigenvalue weighted by Crippen LogP contribution is -2.33. The fourth-order valence-electron chi connectivity index (χ4n) is 2.43.